The molecule has 0 unspecified atom stereocenters. The lowest BCUT2D eigenvalue weighted by Gasteiger charge is -2.07. The third-order valence-corrected chi connectivity index (χ3v) is 4.73. The van der Waals surface area contributed by atoms with Crippen LogP contribution in [0.3, 0.4) is 0 Å². The van der Waals surface area contributed by atoms with Crippen molar-refractivity contribution < 1.29 is 13.2 Å². The minimum Gasteiger partial charge on any atom is -0.327 e. The smallest absolute Gasteiger partial charge is 0.271 e. The average Bonchev–Trinajstić information content (AvgIpc) is 2.61. The number of aromatic amines is 1. The zero-order chi connectivity index (χ0) is 13.2. The van der Waals surface area contributed by atoms with Crippen molar-refractivity contribution in [3.63, 3.8) is 0 Å². The van der Waals surface area contributed by atoms with Crippen LogP contribution in [0.4, 0.5) is 5.69 Å². The minimum atomic E-state index is -2.97. The summed E-state index contributed by atoms with van der Waals surface area (Å²) in [6.45, 7) is 0. The van der Waals surface area contributed by atoms with E-state index >= 15 is 0 Å². The lowest BCUT2D eigenvalue weighted by molar-refractivity contribution is -0.116. The van der Waals surface area contributed by atoms with Crippen LogP contribution >= 0.6 is 0 Å². The molecule has 0 saturated carbocycles. The second-order valence-electron chi connectivity index (χ2n) is 4.43. The highest BCUT2D eigenvalue weighted by atomic mass is 32.2. The van der Waals surface area contributed by atoms with E-state index in [-0.39, 0.29) is 41.0 Å². The van der Waals surface area contributed by atoms with Crippen molar-refractivity contribution >= 4 is 21.4 Å². The van der Waals surface area contributed by atoms with E-state index in [9.17, 15) is 18.0 Å². The van der Waals surface area contributed by atoms with Crippen LogP contribution in [0.25, 0.3) is 0 Å². The molecule has 1 amide bonds. The van der Waals surface area contributed by atoms with E-state index in [1.807, 2.05) is 0 Å². The van der Waals surface area contributed by atoms with Gasteiger partial charge in [0.15, 0.2) is 9.84 Å². The van der Waals surface area contributed by atoms with E-state index < -0.39 is 9.84 Å². The lowest BCUT2D eigenvalue weighted by Crippen LogP contribution is -2.21. The standard InChI is InChI=1S/C11H14N2O4S/c14-10(6-8-3-5-18(16,17)7-8)13-9-2-1-4-12-11(9)15/h1-2,4,8H,3,5-7H2,(H,12,15)(H,13,14)/t8-/m1/s1. The van der Waals surface area contributed by atoms with Crippen molar-refractivity contribution in [2.24, 2.45) is 5.92 Å². The highest BCUT2D eigenvalue weighted by molar-refractivity contribution is 7.91. The summed E-state index contributed by atoms with van der Waals surface area (Å²) in [6, 6.07) is 3.11. The molecule has 98 valence electrons. The molecule has 1 saturated heterocycles. The van der Waals surface area contributed by atoms with Crippen LogP contribution in [-0.2, 0) is 14.6 Å². The Balaban J connectivity index is 1.94. The van der Waals surface area contributed by atoms with Crippen molar-refractivity contribution in [1.82, 2.24) is 4.98 Å². The minimum absolute atomic E-state index is 0.0611. The highest BCUT2D eigenvalue weighted by Crippen LogP contribution is 2.21. The molecule has 2 N–H and O–H groups in total. The molecule has 1 aliphatic rings. The quantitative estimate of drug-likeness (QED) is 0.816. The van der Waals surface area contributed by atoms with Crippen molar-refractivity contribution in [3.05, 3.63) is 28.7 Å². The third-order valence-electron chi connectivity index (χ3n) is 2.89. The summed E-state index contributed by atoms with van der Waals surface area (Å²) in [5.41, 5.74) is -0.187. The molecule has 1 aromatic heterocycles. The number of hydrogen-bond acceptors (Lipinski definition) is 4. The van der Waals surface area contributed by atoms with Crippen LogP contribution in [0.2, 0.25) is 0 Å². The van der Waals surface area contributed by atoms with Gasteiger partial charge < -0.3 is 10.3 Å². The fraction of sp³-hybridized carbons (Fsp3) is 0.455. The second kappa shape index (κ2) is 4.93. The fourth-order valence-corrected chi connectivity index (χ4v) is 3.88. The Bertz CT molecular complexity index is 605. The second-order valence-corrected chi connectivity index (χ2v) is 6.66. The summed E-state index contributed by atoms with van der Waals surface area (Å²) in [7, 11) is -2.97. The van der Waals surface area contributed by atoms with Gasteiger partial charge in [-0.15, -0.1) is 0 Å². The summed E-state index contributed by atoms with van der Waals surface area (Å²) in [5.74, 6) is -0.255. The maximum Gasteiger partial charge on any atom is 0.271 e. The van der Waals surface area contributed by atoms with E-state index in [2.05, 4.69) is 10.3 Å². The molecule has 6 nitrogen and oxygen atoms in total. The van der Waals surface area contributed by atoms with E-state index in [4.69, 9.17) is 0 Å². The molecule has 1 aliphatic heterocycles. The molecule has 0 bridgehead atoms. The molecule has 0 aliphatic carbocycles. The van der Waals surface area contributed by atoms with Gasteiger partial charge in [-0.2, -0.15) is 0 Å². The van der Waals surface area contributed by atoms with Crippen molar-refractivity contribution in [1.29, 1.82) is 0 Å². The van der Waals surface area contributed by atoms with Gasteiger partial charge in [-0.05, 0) is 24.5 Å². The third kappa shape index (κ3) is 3.19. The first-order valence-electron chi connectivity index (χ1n) is 5.64. The number of aromatic nitrogens is 1. The van der Waals surface area contributed by atoms with Crippen LogP contribution in [-0.4, -0.2) is 30.8 Å². The van der Waals surface area contributed by atoms with E-state index in [0.717, 1.165) is 0 Å². The number of pyridine rings is 1. The first-order valence-corrected chi connectivity index (χ1v) is 7.46. The van der Waals surface area contributed by atoms with Crippen molar-refractivity contribution in [3.8, 4) is 0 Å². The molecule has 7 heteroatoms. The van der Waals surface area contributed by atoms with Crippen LogP contribution in [0.15, 0.2) is 23.1 Å². The predicted octanol–water partition coefficient (Wildman–Crippen LogP) is 0.138. The number of anilines is 1. The van der Waals surface area contributed by atoms with Crippen LogP contribution < -0.4 is 10.9 Å². The molecular formula is C11H14N2O4S. The van der Waals surface area contributed by atoms with Crippen LogP contribution in [0.1, 0.15) is 12.8 Å². The Morgan fingerprint density at radius 1 is 1.50 bits per heavy atom. The number of nitrogens with one attached hydrogen (secondary N) is 2. The molecule has 1 fully saturated rings. The number of carbonyl (C=O) groups excluding carboxylic acids is 1. The normalized spacial score (nSPS) is 21.7. The number of hydrogen-bond donors (Lipinski definition) is 2. The Hall–Kier alpha value is -1.63. The molecule has 0 radical (unpaired) electrons. The zero-order valence-electron chi connectivity index (χ0n) is 9.68. The van der Waals surface area contributed by atoms with Gasteiger partial charge in [0.05, 0.1) is 11.5 Å². The number of carbonyl (C=O) groups is 1. The van der Waals surface area contributed by atoms with Crippen molar-refractivity contribution in [2.75, 3.05) is 16.8 Å². The van der Waals surface area contributed by atoms with Gasteiger partial charge in [0, 0.05) is 12.6 Å². The summed E-state index contributed by atoms with van der Waals surface area (Å²) in [5, 5.41) is 2.49. The average molecular weight is 270 g/mol. The van der Waals surface area contributed by atoms with Gasteiger partial charge in [-0.3, -0.25) is 9.59 Å². The highest BCUT2D eigenvalue weighted by Gasteiger charge is 2.29. The number of amides is 1. The Morgan fingerprint density at radius 2 is 2.28 bits per heavy atom. The molecular weight excluding hydrogens is 256 g/mol. The van der Waals surface area contributed by atoms with Gasteiger partial charge in [0.2, 0.25) is 5.91 Å². The maximum absolute atomic E-state index is 11.7. The molecule has 18 heavy (non-hydrogen) atoms. The first-order chi connectivity index (χ1) is 8.46. The number of rotatable bonds is 3. The topological polar surface area (TPSA) is 96.1 Å². The molecule has 0 aromatic carbocycles. The van der Waals surface area contributed by atoms with Crippen molar-refractivity contribution in [2.45, 2.75) is 12.8 Å². The monoisotopic (exact) mass is 270 g/mol. The molecule has 2 heterocycles. The van der Waals surface area contributed by atoms with Gasteiger partial charge >= 0.3 is 0 Å². The summed E-state index contributed by atoms with van der Waals surface area (Å²) >= 11 is 0. The Labute approximate surface area is 104 Å². The van der Waals surface area contributed by atoms with Gasteiger partial charge in [-0.1, -0.05) is 0 Å². The Morgan fingerprint density at radius 3 is 2.89 bits per heavy atom. The van der Waals surface area contributed by atoms with Crippen LogP contribution in [0.5, 0.6) is 0 Å². The molecule has 2 rings (SSSR count). The predicted molar refractivity (Wildman–Crippen MR) is 67.1 cm³/mol. The van der Waals surface area contributed by atoms with E-state index in [1.165, 1.54) is 12.3 Å². The van der Waals surface area contributed by atoms with Crippen LogP contribution in [0, 0.1) is 5.92 Å². The number of sulfone groups is 1. The lowest BCUT2D eigenvalue weighted by atomic mass is 10.1. The largest absolute Gasteiger partial charge is 0.327 e. The van der Waals surface area contributed by atoms with Gasteiger partial charge in [0.1, 0.15) is 5.69 Å². The van der Waals surface area contributed by atoms with E-state index in [1.54, 1.807) is 6.07 Å². The summed E-state index contributed by atoms with van der Waals surface area (Å²) in [4.78, 5) is 25.4. The summed E-state index contributed by atoms with van der Waals surface area (Å²) < 4.78 is 22.5. The first kappa shape index (κ1) is 12.8. The SMILES string of the molecule is O=C(C[C@H]1CCS(=O)(=O)C1)Nc1ccc[nH]c1=O. The van der Waals surface area contributed by atoms with Gasteiger partial charge in [0.25, 0.3) is 5.56 Å². The Kier molecular flexibility index (Phi) is 3.51. The maximum atomic E-state index is 11.7. The van der Waals surface area contributed by atoms with E-state index in [0.29, 0.717) is 6.42 Å². The molecule has 0 spiro atoms. The fourth-order valence-electron chi connectivity index (χ4n) is 2.02. The van der Waals surface area contributed by atoms with Gasteiger partial charge in [-0.25, -0.2) is 8.42 Å². The zero-order valence-corrected chi connectivity index (χ0v) is 10.5. The molecule has 1 atom stereocenters. The molecule has 1 aromatic rings. The summed E-state index contributed by atoms with van der Waals surface area (Å²) in [6.07, 6.45) is 2.12. The number of H-pyrrole nitrogens is 1.